The Morgan fingerprint density at radius 1 is 1.67 bits per heavy atom. The third kappa shape index (κ3) is 2.73. The zero-order valence-corrected chi connectivity index (χ0v) is 8.08. The quantitative estimate of drug-likeness (QED) is 0.622. The van der Waals surface area contributed by atoms with Crippen LogP contribution in [-0.4, -0.2) is 49.3 Å². The Balaban J connectivity index is 2.17. The van der Waals surface area contributed by atoms with Crippen molar-refractivity contribution < 1.29 is 5.11 Å². The number of aliphatic hydroxyl groups is 1. The molecule has 1 aliphatic heterocycles. The number of likely N-dealkylation sites (N-methyl/N-ethyl adjacent to an activating group) is 1. The molecule has 1 aliphatic rings. The number of rotatable bonds is 4. The van der Waals surface area contributed by atoms with Gasteiger partial charge in [-0.2, -0.15) is 0 Å². The van der Waals surface area contributed by atoms with Crippen LogP contribution in [0.5, 0.6) is 0 Å². The molecule has 2 atom stereocenters. The van der Waals surface area contributed by atoms with Crippen molar-refractivity contribution >= 4 is 0 Å². The van der Waals surface area contributed by atoms with Crippen molar-refractivity contribution in [1.29, 1.82) is 0 Å². The number of hydrogen-bond acceptors (Lipinski definition) is 3. The first-order chi connectivity index (χ1) is 5.74. The highest BCUT2D eigenvalue weighted by Crippen LogP contribution is 2.18. The van der Waals surface area contributed by atoms with Gasteiger partial charge in [-0.3, -0.25) is 0 Å². The Morgan fingerprint density at radius 3 is 2.92 bits per heavy atom. The normalized spacial score (nSPS) is 27.8. The van der Waals surface area contributed by atoms with E-state index in [1.54, 1.807) is 0 Å². The number of aliphatic hydroxyl groups excluding tert-OH is 1. The lowest BCUT2D eigenvalue weighted by Crippen LogP contribution is -2.30. The molecule has 0 radical (unpaired) electrons. The monoisotopic (exact) mass is 172 g/mol. The Hall–Kier alpha value is -0.120. The highest BCUT2D eigenvalue weighted by molar-refractivity contribution is 4.78. The molecule has 0 aromatic heterocycles. The molecule has 0 amide bonds. The van der Waals surface area contributed by atoms with Crippen LogP contribution >= 0.6 is 0 Å². The lowest BCUT2D eigenvalue weighted by molar-refractivity contribution is 0.128. The molecule has 1 fully saturated rings. The van der Waals surface area contributed by atoms with E-state index in [1.165, 1.54) is 0 Å². The van der Waals surface area contributed by atoms with Crippen molar-refractivity contribution in [1.82, 2.24) is 10.2 Å². The summed E-state index contributed by atoms with van der Waals surface area (Å²) in [7, 11) is 1.97. The lowest BCUT2D eigenvalue weighted by atomic mass is 10.0. The first kappa shape index (κ1) is 9.96. The number of hydrogen-bond donors (Lipinski definition) is 2. The van der Waals surface area contributed by atoms with Gasteiger partial charge in [0.25, 0.3) is 0 Å². The predicted octanol–water partition coefficient (Wildman–Crippen LogP) is -0.0915. The fourth-order valence-corrected chi connectivity index (χ4v) is 1.73. The summed E-state index contributed by atoms with van der Waals surface area (Å²) in [6, 6.07) is 0. The molecule has 1 heterocycles. The maximum atomic E-state index is 9.35. The van der Waals surface area contributed by atoms with Crippen molar-refractivity contribution in [2.45, 2.75) is 19.4 Å². The van der Waals surface area contributed by atoms with E-state index < -0.39 is 0 Å². The van der Waals surface area contributed by atoms with Gasteiger partial charge in [0.2, 0.25) is 0 Å². The summed E-state index contributed by atoms with van der Waals surface area (Å²) in [5.74, 6) is 0.502. The fraction of sp³-hybridized carbons (Fsp3) is 1.00. The molecule has 0 bridgehead atoms. The molecule has 0 aromatic rings. The van der Waals surface area contributed by atoms with Gasteiger partial charge < -0.3 is 15.3 Å². The van der Waals surface area contributed by atoms with Crippen LogP contribution in [0.15, 0.2) is 0 Å². The fourth-order valence-electron chi connectivity index (χ4n) is 1.73. The predicted molar refractivity (Wildman–Crippen MR) is 50.2 cm³/mol. The van der Waals surface area contributed by atoms with Crippen LogP contribution in [0.2, 0.25) is 0 Å². The van der Waals surface area contributed by atoms with Gasteiger partial charge in [-0.1, -0.05) is 0 Å². The minimum Gasteiger partial charge on any atom is -0.393 e. The molecule has 2 N–H and O–H groups in total. The van der Waals surface area contributed by atoms with E-state index in [1.807, 2.05) is 14.0 Å². The first-order valence-electron chi connectivity index (χ1n) is 4.79. The van der Waals surface area contributed by atoms with Gasteiger partial charge in [-0.15, -0.1) is 0 Å². The average molecular weight is 172 g/mol. The number of nitrogens with one attached hydrogen (secondary N) is 1. The Bertz CT molecular complexity index is 128. The van der Waals surface area contributed by atoms with Gasteiger partial charge in [-0.05, 0) is 32.9 Å². The van der Waals surface area contributed by atoms with Gasteiger partial charge in [0, 0.05) is 19.6 Å². The third-order valence-corrected chi connectivity index (χ3v) is 2.67. The lowest BCUT2D eigenvalue weighted by Gasteiger charge is -2.16. The van der Waals surface area contributed by atoms with Gasteiger partial charge in [0.05, 0.1) is 6.10 Å². The zero-order chi connectivity index (χ0) is 8.97. The first-order valence-corrected chi connectivity index (χ1v) is 4.79. The molecule has 1 saturated heterocycles. The van der Waals surface area contributed by atoms with E-state index in [-0.39, 0.29) is 6.10 Å². The van der Waals surface area contributed by atoms with Crippen LogP contribution in [0, 0.1) is 5.92 Å². The van der Waals surface area contributed by atoms with E-state index in [2.05, 4.69) is 10.2 Å². The second-order valence-corrected chi connectivity index (χ2v) is 3.69. The van der Waals surface area contributed by atoms with Crippen LogP contribution in [0.3, 0.4) is 0 Å². The van der Waals surface area contributed by atoms with Gasteiger partial charge >= 0.3 is 0 Å². The molecular formula is C9H20N2O. The molecule has 0 aromatic carbocycles. The Kier molecular flexibility index (Phi) is 3.98. The standard InChI is InChI=1S/C9H20N2O/c1-8(12)9-3-5-11(7-9)6-4-10-2/h8-10,12H,3-7H2,1-2H3. The summed E-state index contributed by atoms with van der Waals surface area (Å²) in [6.45, 7) is 6.27. The average Bonchev–Trinajstić information content (AvgIpc) is 2.48. The van der Waals surface area contributed by atoms with Crippen LogP contribution in [-0.2, 0) is 0 Å². The van der Waals surface area contributed by atoms with E-state index in [0.29, 0.717) is 5.92 Å². The van der Waals surface area contributed by atoms with Crippen LogP contribution in [0.1, 0.15) is 13.3 Å². The second-order valence-electron chi connectivity index (χ2n) is 3.69. The maximum absolute atomic E-state index is 9.35. The second kappa shape index (κ2) is 4.80. The molecule has 12 heavy (non-hydrogen) atoms. The molecule has 3 nitrogen and oxygen atoms in total. The third-order valence-electron chi connectivity index (χ3n) is 2.67. The highest BCUT2D eigenvalue weighted by atomic mass is 16.3. The van der Waals surface area contributed by atoms with E-state index in [4.69, 9.17) is 0 Å². The van der Waals surface area contributed by atoms with Crippen LogP contribution in [0.4, 0.5) is 0 Å². The number of likely N-dealkylation sites (tertiary alicyclic amines) is 1. The molecule has 72 valence electrons. The zero-order valence-electron chi connectivity index (χ0n) is 8.08. The van der Waals surface area contributed by atoms with Crippen LogP contribution in [0.25, 0.3) is 0 Å². The van der Waals surface area contributed by atoms with Crippen molar-refractivity contribution in [2.75, 3.05) is 33.2 Å². The van der Waals surface area contributed by atoms with E-state index in [0.717, 1.165) is 32.6 Å². The molecule has 3 heteroatoms. The van der Waals surface area contributed by atoms with Crippen molar-refractivity contribution in [3.8, 4) is 0 Å². The van der Waals surface area contributed by atoms with Crippen LogP contribution < -0.4 is 5.32 Å². The molecule has 0 aliphatic carbocycles. The summed E-state index contributed by atoms with van der Waals surface area (Å²) in [5.41, 5.74) is 0. The van der Waals surface area contributed by atoms with E-state index in [9.17, 15) is 5.11 Å². The minimum atomic E-state index is -0.135. The molecule has 0 spiro atoms. The van der Waals surface area contributed by atoms with Gasteiger partial charge in [0.15, 0.2) is 0 Å². The summed E-state index contributed by atoms with van der Waals surface area (Å²) < 4.78 is 0. The maximum Gasteiger partial charge on any atom is 0.0552 e. The van der Waals surface area contributed by atoms with Gasteiger partial charge in [-0.25, -0.2) is 0 Å². The number of nitrogens with zero attached hydrogens (tertiary/aromatic N) is 1. The summed E-state index contributed by atoms with van der Waals surface area (Å²) in [4.78, 5) is 2.41. The Morgan fingerprint density at radius 2 is 2.42 bits per heavy atom. The molecule has 2 unspecified atom stereocenters. The van der Waals surface area contributed by atoms with Crippen molar-refractivity contribution in [3.63, 3.8) is 0 Å². The van der Waals surface area contributed by atoms with E-state index >= 15 is 0 Å². The Labute approximate surface area is 74.8 Å². The minimum absolute atomic E-state index is 0.135. The topological polar surface area (TPSA) is 35.5 Å². The van der Waals surface area contributed by atoms with Crippen molar-refractivity contribution in [2.24, 2.45) is 5.92 Å². The van der Waals surface area contributed by atoms with Crippen molar-refractivity contribution in [3.05, 3.63) is 0 Å². The summed E-state index contributed by atoms with van der Waals surface area (Å²) >= 11 is 0. The SMILES string of the molecule is CNCCN1CCC(C(C)O)C1. The highest BCUT2D eigenvalue weighted by Gasteiger charge is 2.24. The van der Waals surface area contributed by atoms with Gasteiger partial charge in [0.1, 0.15) is 0 Å². The summed E-state index contributed by atoms with van der Waals surface area (Å²) in [6.07, 6.45) is 1.02. The largest absolute Gasteiger partial charge is 0.393 e. The molecular weight excluding hydrogens is 152 g/mol. The molecule has 0 saturated carbocycles. The molecule has 1 rings (SSSR count). The summed E-state index contributed by atoms with van der Waals surface area (Å²) in [5, 5.41) is 12.5. The smallest absolute Gasteiger partial charge is 0.0552 e.